The SMILES string of the molecule is Nc1ncc(-c2ccc(CN3CC[C@H](O)C3)cc2)cc1-c1nnnn1-c1cccc(Cl)c1Cl. The van der Waals surface area contributed by atoms with Crippen molar-refractivity contribution < 1.29 is 5.11 Å². The van der Waals surface area contributed by atoms with E-state index in [2.05, 4.69) is 49.7 Å². The van der Waals surface area contributed by atoms with Gasteiger partial charge < -0.3 is 10.8 Å². The second kappa shape index (κ2) is 9.07. The minimum absolute atomic E-state index is 0.220. The summed E-state index contributed by atoms with van der Waals surface area (Å²) in [5.41, 5.74) is 10.4. The largest absolute Gasteiger partial charge is 0.392 e. The van der Waals surface area contributed by atoms with Gasteiger partial charge in [0.05, 0.1) is 27.4 Å². The molecule has 1 atom stereocenters. The van der Waals surface area contributed by atoms with Crippen molar-refractivity contribution in [2.24, 2.45) is 0 Å². The van der Waals surface area contributed by atoms with E-state index >= 15 is 0 Å². The number of rotatable bonds is 5. The predicted molar refractivity (Wildman–Crippen MR) is 128 cm³/mol. The number of pyridine rings is 1. The number of halogens is 2. The lowest BCUT2D eigenvalue weighted by atomic mass is 10.0. The zero-order chi connectivity index (χ0) is 22.9. The molecule has 10 heteroatoms. The lowest BCUT2D eigenvalue weighted by Crippen LogP contribution is -2.21. The van der Waals surface area contributed by atoms with E-state index in [0.29, 0.717) is 32.9 Å². The Hall–Kier alpha value is -3.04. The molecule has 0 bridgehead atoms. The highest BCUT2D eigenvalue weighted by Gasteiger charge is 2.20. The standard InChI is InChI=1S/C23H21Cl2N7O/c24-19-2-1-3-20(21(19)25)32-23(28-29-30-32)18-10-16(11-27-22(18)26)15-6-4-14(5-7-15)12-31-9-8-17(33)13-31/h1-7,10-11,17,33H,8-9,12-13H2,(H2,26,27)/t17-/m0/s1. The first-order valence-corrected chi connectivity index (χ1v) is 11.2. The van der Waals surface area contributed by atoms with Crippen LogP contribution in [-0.4, -0.2) is 54.4 Å². The van der Waals surface area contributed by atoms with Crippen LogP contribution in [0.5, 0.6) is 0 Å². The van der Waals surface area contributed by atoms with E-state index in [1.165, 1.54) is 10.2 Å². The summed E-state index contributed by atoms with van der Waals surface area (Å²) in [4.78, 5) is 6.63. The first kappa shape index (κ1) is 21.8. The molecular formula is C23H21Cl2N7O. The monoisotopic (exact) mass is 481 g/mol. The topological polar surface area (TPSA) is 106 Å². The number of nitrogen functional groups attached to an aromatic ring is 1. The maximum Gasteiger partial charge on any atom is 0.190 e. The van der Waals surface area contributed by atoms with E-state index < -0.39 is 0 Å². The van der Waals surface area contributed by atoms with E-state index in [-0.39, 0.29) is 6.10 Å². The highest BCUT2D eigenvalue weighted by molar-refractivity contribution is 6.43. The molecule has 3 heterocycles. The van der Waals surface area contributed by atoms with Gasteiger partial charge in [0, 0.05) is 31.4 Å². The summed E-state index contributed by atoms with van der Waals surface area (Å²) in [7, 11) is 0. The van der Waals surface area contributed by atoms with Crippen molar-refractivity contribution >= 4 is 29.0 Å². The van der Waals surface area contributed by atoms with Gasteiger partial charge in [0.2, 0.25) is 0 Å². The lowest BCUT2D eigenvalue weighted by Gasteiger charge is -2.15. The average molecular weight is 482 g/mol. The van der Waals surface area contributed by atoms with E-state index in [4.69, 9.17) is 28.9 Å². The molecule has 8 nitrogen and oxygen atoms in total. The molecule has 0 radical (unpaired) electrons. The fraction of sp³-hybridized carbons (Fsp3) is 0.217. The molecule has 1 aliphatic heterocycles. The zero-order valence-corrected chi connectivity index (χ0v) is 19.1. The highest BCUT2D eigenvalue weighted by atomic mass is 35.5. The average Bonchev–Trinajstić information content (AvgIpc) is 3.46. The number of β-amino-alcohol motifs (C(OH)–C–C–N with tert-alkyl or cyclic N) is 1. The Morgan fingerprint density at radius 2 is 1.91 bits per heavy atom. The van der Waals surface area contributed by atoms with Crippen LogP contribution in [0.2, 0.25) is 10.0 Å². The molecule has 2 aromatic carbocycles. The van der Waals surface area contributed by atoms with Gasteiger partial charge in [-0.2, -0.15) is 4.68 Å². The van der Waals surface area contributed by atoms with Crippen LogP contribution < -0.4 is 5.73 Å². The zero-order valence-electron chi connectivity index (χ0n) is 17.6. The molecule has 33 heavy (non-hydrogen) atoms. The van der Waals surface area contributed by atoms with Crippen molar-refractivity contribution in [1.82, 2.24) is 30.1 Å². The number of likely N-dealkylation sites (tertiary alicyclic amines) is 1. The van der Waals surface area contributed by atoms with Crippen LogP contribution in [0.3, 0.4) is 0 Å². The lowest BCUT2D eigenvalue weighted by molar-refractivity contribution is 0.175. The Morgan fingerprint density at radius 3 is 2.67 bits per heavy atom. The Labute approximate surface area is 200 Å². The predicted octanol–water partition coefficient (Wildman–Crippen LogP) is 3.85. The molecule has 3 N–H and O–H groups in total. The Bertz CT molecular complexity index is 1290. The van der Waals surface area contributed by atoms with Crippen LogP contribution in [0, 0.1) is 0 Å². The van der Waals surface area contributed by atoms with E-state index in [9.17, 15) is 5.11 Å². The van der Waals surface area contributed by atoms with Crippen LogP contribution in [0.1, 0.15) is 12.0 Å². The summed E-state index contributed by atoms with van der Waals surface area (Å²) in [6.45, 7) is 2.45. The van der Waals surface area contributed by atoms with Crippen LogP contribution in [-0.2, 0) is 6.54 Å². The number of tetrazole rings is 1. The summed E-state index contributed by atoms with van der Waals surface area (Å²) in [5.74, 6) is 0.715. The molecule has 0 amide bonds. The number of benzene rings is 2. The van der Waals surface area contributed by atoms with E-state index in [0.717, 1.165) is 37.2 Å². The first-order chi connectivity index (χ1) is 16.0. The Morgan fingerprint density at radius 1 is 1.09 bits per heavy atom. The number of anilines is 1. The second-order valence-electron chi connectivity index (χ2n) is 8.02. The van der Waals surface area contributed by atoms with Gasteiger partial charge in [0.15, 0.2) is 5.82 Å². The number of nitrogens with zero attached hydrogens (tertiary/aromatic N) is 6. The van der Waals surface area contributed by atoms with Gasteiger partial charge in [-0.3, -0.25) is 4.90 Å². The number of nitrogens with two attached hydrogens (primary N) is 1. The van der Waals surface area contributed by atoms with Gasteiger partial charge in [-0.1, -0.05) is 53.5 Å². The maximum atomic E-state index is 9.73. The summed E-state index contributed by atoms with van der Waals surface area (Å²) >= 11 is 12.6. The third-order valence-electron chi connectivity index (χ3n) is 5.73. The van der Waals surface area contributed by atoms with Gasteiger partial charge in [-0.15, -0.1) is 5.10 Å². The molecule has 168 valence electrons. The summed E-state index contributed by atoms with van der Waals surface area (Å²) < 4.78 is 1.50. The molecule has 2 aromatic heterocycles. The molecule has 0 unspecified atom stereocenters. The van der Waals surface area contributed by atoms with Crippen LogP contribution in [0.15, 0.2) is 54.7 Å². The molecule has 5 rings (SSSR count). The minimum atomic E-state index is -0.220. The third kappa shape index (κ3) is 4.43. The minimum Gasteiger partial charge on any atom is -0.392 e. The third-order valence-corrected chi connectivity index (χ3v) is 6.54. The Kier molecular flexibility index (Phi) is 5.99. The fourth-order valence-corrected chi connectivity index (χ4v) is 4.38. The summed E-state index contributed by atoms with van der Waals surface area (Å²) in [5, 5.41) is 22.5. The molecule has 1 fully saturated rings. The number of aromatic nitrogens is 5. The highest BCUT2D eigenvalue weighted by Crippen LogP contribution is 2.33. The van der Waals surface area contributed by atoms with Crippen molar-refractivity contribution in [3.05, 3.63) is 70.3 Å². The van der Waals surface area contributed by atoms with Crippen molar-refractivity contribution in [1.29, 1.82) is 0 Å². The fourth-order valence-electron chi connectivity index (χ4n) is 4.00. The van der Waals surface area contributed by atoms with E-state index in [1.54, 1.807) is 24.4 Å². The number of aliphatic hydroxyl groups excluding tert-OH is 1. The summed E-state index contributed by atoms with van der Waals surface area (Å²) in [6.07, 6.45) is 2.34. The molecular weight excluding hydrogens is 461 g/mol. The molecule has 0 spiro atoms. The molecule has 1 aliphatic rings. The molecule has 0 saturated carbocycles. The van der Waals surface area contributed by atoms with Crippen molar-refractivity contribution in [2.75, 3.05) is 18.8 Å². The van der Waals surface area contributed by atoms with Crippen LogP contribution in [0.25, 0.3) is 28.2 Å². The Balaban J connectivity index is 1.45. The maximum absolute atomic E-state index is 9.73. The number of hydrogen-bond acceptors (Lipinski definition) is 7. The van der Waals surface area contributed by atoms with Crippen LogP contribution in [0.4, 0.5) is 5.82 Å². The molecule has 1 saturated heterocycles. The van der Waals surface area contributed by atoms with Gasteiger partial charge in [0.25, 0.3) is 0 Å². The molecule has 4 aromatic rings. The first-order valence-electron chi connectivity index (χ1n) is 10.5. The van der Waals surface area contributed by atoms with Gasteiger partial charge in [-0.05, 0) is 46.2 Å². The van der Waals surface area contributed by atoms with Gasteiger partial charge >= 0.3 is 0 Å². The van der Waals surface area contributed by atoms with Crippen molar-refractivity contribution in [3.63, 3.8) is 0 Å². The smallest absolute Gasteiger partial charge is 0.190 e. The van der Waals surface area contributed by atoms with Crippen LogP contribution >= 0.6 is 23.2 Å². The normalized spacial score (nSPS) is 16.4. The number of aliphatic hydroxyl groups is 1. The summed E-state index contributed by atoms with van der Waals surface area (Å²) in [6, 6.07) is 15.4. The van der Waals surface area contributed by atoms with Gasteiger partial charge in [-0.25, -0.2) is 4.98 Å². The van der Waals surface area contributed by atoms with E-state index in [1.807, 2.05) is 6.07 Å². The van der Waals surface area contributed by atoms with Crippen molar-refractivity contribution in [2.45, 2.75) is 19.1 Å². The second-order valence-corrected chi connectivity index (χ2v) is 8.80. The molecule has 0 aliphatic carbocycles. The quantitative estimate of drug-likeness (QED) is 0.445. The van der Waals surface area contributed by atoms with Crippen molar-refractivity contribution in [3.8, 4) is 28.2 Å². The van der Waals surface area contributed by atoms with Gasteiger partial charge in [0.1, 0.15) is 5.82 Å². The number of hydrogen-bond donors (Lipinski definition) is 2.